The fourth-order valence-electron chi connectivity index (χ4n) is 5.19. The van der Waals surface area contributed by atoms with Crippen LogP contribution in [0.1, 0.15) is 19.3 Å². The van der Waals surface area contributed by atoms with Gasteiger partial charge < -0.3 is 14.2 Å². The van der Waals surface area contributed by atoms with Crippen molar-refractivity contribution in [2.75, 3.05) is 34.0 Å². The lowest BCUT2D eigenvalue weighted by Gasteiger charge is -2.38. The van der Waals surface area contributed by atoms with Crippen LogP contribution in [-0.4, -0.2) is 58.6 Å². The van der Waals surface area contributed by atoms with Gasteiger partial charge in [0.15, 0.2) is 0 Å². The monoisotopic (exact) mass is 334 g/mol. The number of nitrogens with one attached hydrogen (secondary N) is 1. The van der Waals surface area contributed by atoms with Gasteiger partial charge in [0.25, 0.3) is 0 Å². The molecule has 8 unspecified atom stereocenters. The normalized spacial score (nSPS) is 47.9. The minimum absolute atomic E-state index is 0.177. The molecule has 2 fully saturated rings. The SMILES string of the molecule is COC1C=CC(C2C=NC3NCC(C4CCOC4)C3C2)C(OC)C1. The van der Waals surface area contributed by atoms with Crippen molar-refractivity contribution in [2.24, 2.45) is 34.6 Å². The van der Waals surface area contributed by atoms with E-state index in [-0.39, 0.29) is 12.2 Å². The van der Waals surface area contributed by atoms with Crippen LogP contribution in [0.15, 0.2) is 17.1 Å². The first-order chi connectivity index (χ1) is 11.8. The third-order valence-corrected chi connectivity index (χ3v) is 6.61. The molecule has 4 rings (SSSR count). The van der Waals surface area contributed by atoms with Gasteiger partial charge in [-0.1, -0.05) is 12.2 Å². The van der Waals surface area contributed by atoms with Gasteiger partial charge in [-0.05, 0) is 30.6 Å². The zero-order valence-electron chi connectivity index (χ0n) is 14.8. The minimum atomic E-state index is 0.177. The van der Waals surface area contributed by atoms with Crippen molar-refractivity contribution >= 4 is 6.21 Å². The number of rotatable bonds is 4. The highest BCUT2D eigenvalue weighted by Gasteiger charge is 2.45. The van der Waals surface area contributed by atoms with Crippen molar-refractivity contribution in [2.45, 2.75) is 37.6 Å². The van der Waals surface area contributed by atoms with Crippen LogP contribution >= 0.6 is 0 Å². The van der Waals surface area contributed by atoms with Crippen molar-refractivity contribution in [3.05, 3.63) is 12.2 Å². The number of fused-ring (bicyclic) bond motifs is 1. The number of hydrogen-bond donors (Lipinski definition) is 1. The van der Waals surface area contributed by atoms with Gasteiger partial charge in [0.2, 0.25) is 0 Å². The first-order valence-electron chi connectivity index (χ1n) is 9.38. The molecule has 4 aliphatic rings. The number of aliphatic imine (C=N–C) groups is 1. The fourth-order valence-corrected chi connectivity index (χ4v) is 5.19. The molecule has 24 heavy (non-hydrogen) atoms. The largest absolute Gasteiger partial charge is 0.381 e. The molecule has 0 amide bonds. The molecule has 0 spiro atoms. The molecule has 0 aromatic heterocycles. The Morgan fingerprint density at radius 1 is 1.12 bits per heavy atom. The number of hydrogen-bond acceptors (Lipinski definition) is 5. The molecule has 8 atom stereocenters. The van der Waals surface area contributed by atoms with Gasteiger partial charge in [0.1, 0.15) is 6.17 Å². The Labute approximate surface area is 144 Å². The van der Waals surface area contributed by atoms with Crippen LogP contribution in [-0.2, 0) is 14.2 Å². The van der Waals surface area contributed by atoms with E-state index in [0.717, 1.165) is 26.2 Å². The molecule has 5 heteroatoms. The Bertz CT molecular complexity index is 489. The summed E-state index contributed by atoms with van der Waals surface area (Å²) >= 11 is 0. The Balaban J connectivity index is 1.48. The van der Waals surface area contributed by atoms with Gasteiger partial charge in [0, 0.05) is 58.4 Å². The van der Waals surface area contributed by atoms with E-state index in [1.165, 1.54) is 12.8 Å². The van der Waals surface area contributed by atoms with Crippen LogP contribution in [0.25, 0.3) is 0 Å². The van der Waals surface area contributed by atoms with Crippen LogP contribution < -0.4 is 5.32 Å². The van der Waals surface area contributed by atoms with Crippen molar-refractivity contribution < 1.29 is 14.2 Å². The highest BCUT2D eigenvalue weighted by atomic mass is 16.5. The van der Waals surface area contributed by atoms with Crippen molar-refractivity contribution in [3.63, 3.8) is 0 Å². The van der Waals surface area contributed by atoms with E-state index in [0.29, 0.717) is 35.8 Å². The summed E-state index contributed by atoms with van der Waals surface area (Å²) in [6.45, 7) is 2.96. The molecular weight excluding hydrogens is 304 g/mol. The molecule has 3 aliphatic heterocycles. The number of methoxy groups -OCH3 is 2. The van der Waals surface area contributed by atoms with Crippen molar-refractivity contribution in [3.8, 4) is 0 Å². The Kier molecular flexibility index (Phi) is 5.04. The molecule has 0 aromatic carbocycles. The van der Waals surface area contributed by atoms with Crippen molar-refractivity contribution in [1.82, 2.24) is 5.32 Å². The average molecular weight is 334 g/mol. The van der Waals surface area contributed by atoms with E-state index in [4.69, 9.17) is 19.2 Å². The summed E-state index contributed by atoms with van der Waals surface area (Å²) in [4.78, 5) is 4.88. The topological polar surface area (TPSA) is 52.1 Å². The van der Waals surface area contributed by atoms with Crippen LogP contribution in [0.2, 0.25) is 0 Å². The summed E-state index contributed by atoms with van der Waals surface area (Å²) in [7, 11) is 3.59. The molecule has 0 aromatic rings. The van der Waals surface area contributed by atoms with Gasteiger partial charge in [-0.3, -0.25) is 10.3 Å². The third-order valence-electron chi connectivity index (χ3n) is 6.61. The van der Waals surface area contributed by atoms with Gasteiger partial charge >= 0.3 is 0 Å². The summed E-state index contributed by atoms with van der Waals surface area (Å²) in [6.07, 6.45) is 10.8. The fraction of sp³-hybridized carbons (Fsp3) is 0.842. The van der Waals surface area contributed by atoms with Gasteiger partial charge in [0.05, 0.1) is 12.2 Å². The summed E-state index contributed by atoms with van der Waals surface area (Å²) in [5.41, 5.74) is 0. The summed E-state index contributed by atoms with van der Waals surface area (Å²) < 4.78 is 16.9. The minimum Gasteiger partial charge on any atom is -0.381 e. The van der Waals surface area contributed by atoms with Crippen molar-refractivity contribution in [1.29, 1.82) is 0 Å². The molecule has 1 N–H and O–H groups in total. The first kappa shape index (κ1) is 16.7. The van der Waals surface area contributed by atoms with E-state index in [1.54, 1.807) is 7.11 Å². The highest BCUT2D eigenvalue weighted by Crippen LogP contribution is 2.42. The molecule has 5 nitrogen and oxygen atoms in total. The second-order valence-electron chi connectivity index (χ2n) is 7.75. The second-order valence-corrected chi connectivity index (χ2v) is 7.75. The highest BCUT2D eigenvalue weighted by molar-refractivity contribution is 5.63. The summed E-state index contributed by atoms with van der Waals surface area (Å²) in [5, 5.41) is 3.63. The summed E-state index contributed by atoms with van der Waals surface area (Å²) in [6, 6.07) is 0. The lowest BCUT2D eigenvalue weighted by atomic mass is 9.71. The first-order valence-corrected chi connectivity index (χ1v) is 9.38. The summed E-state index contributed by atoms with van der Waals surface area (Å²) in [5.74, 6) is 2.93. The average Bonchev–Trinajstić information content (AvgIpc) is 3.29. The van der Waals surface area contributed by atoms with Gasteiger partial charge in [-0.15, -0.1) is 0 Å². The Morgan fingerprint density at radius 2 is 2.04 bits per heavy atom. The Morgan fingerprint density at radius 3 is 2.79 bits per heavy atom. The van der Waals surface area contributed by atoms with Crippen LogP contribution in [0.3, 0.4) is 0 Å². The lowest BCUT2D eigenvalue weighted by molar-refractivity contribution is -0.000950. The second kappa shape index (κ2) is 7.24. The van der Waals surface area contributed by atoms with Gasteiger partial charge in [-0.25, -0.2) is 0 Å². The molecule has 3 heterocycles. The molecule has 0 radical (unpaired) electrons. The van der Waals surface area contributed by atoms with E-state index < -0.39 is 0 Å². The number of nitrogens with zero attached hydrogens (tertiary/aromatic N) is 1. The molecule has 2 saturated heterocycles. The standard InChI is InChI=1S/C19H30N2O3/c1-22-14-3-4-15(18(8-14)23-2)13-7-16-17(12-5-6-24-11-12)10-21-19(16)20-9-13/h3-4,9,12-19,21H,5-8,10-11H2,1-2H3. The maximum Gasteiger partial charge on any atom is 0.102 e. The molecular formula is C19H30N2O3. The van der Waals surface area contributed by atoms with E-state index in [9.17, 15) is 0 Å². The predicted octanol–water partition coefficient (Wildman–Crippen LogP) is 1.88. The van der Waals surface area contributed by atoms with E-state index in [1.807, 2.05) is 7.11 Å². The van der Waals surface area contributed by atoms with Crippen LogP contribution in [0.4, 0.5) is 0 Å². The smallest absolute Gasteiger partial charge is 0.102 e. The van der Waals surface area contributed by atoms with Crippen LogP contribution in [0, 0.1) is 29.6 Å². The predicted molar refractivity (Wildman–Crippen MR) is 93.1 cm³/mol. The quantitative estimate of drug-likeness (QED) is 0.798. The molecule has 134 valence electrons. The maximum absolute atomic E-state index is 5.80. The number of ether oxygens (including phenoxy) is 3. The van der Waals surface area contributed by atoms with E-state index >= 15 is 0 Å². The Hall–Kier alpha value is -0.750. The van der Waals surface area contributed by atoms with Gasteiger partial charge in [-0.2, -0.15) is 0 Å². The zero-order valence-corrected chi connectivity index (χ0v) is 14.8. The third kappa shape index (κ3) is 3.07. The molecule has 1 aliphatic carbocycles. The lowest BCUT2D eigenvalue weighted by Crippen LogP contribution is -2.41. The van der Waals surface area contributed by atoms with Crippen LogP contribution in [0.5, 0.6) is 0 Å². The zero-order chi connectivity index (χ0) is 16.5. The molecule has 0 bridgehead atoms. The maximum atomic E-state index is 5.80. The van der Waals surface area contributed by atoms with E-state index in [2.05, 4.69) is 23.7 Å². The molecule has 0 saturated carbocycles.